The lowest BCUT2D eigenvalue weighted by molar-refractivity contribution is 0.315. The maximum absolute atomic E-state index is 2.46. The maximum Gasteiger partial charge on any atom is -0.0267 e. The predicted octanol–water partition coefficient (Wildman–Crippen LogP) is 4.25. The SMILES string of the molecule is CCCC(C)CC1(C)CC1(C)C. The summed E-state index contributed by atoms with van der Waals surface area (Å²) in [6.45, 7) is 12.0. The Hall–Kier alpha value is 0. The molecule has 0 saturated heterocycles. The molecule has 0 aromatic carbocycles. The van der Waals surface area contributed by atoms with Crippen molar-refractivity contribution in [1.29, 1.82) is 0 Å². The largest absolute Gasteiger partial charge is 0.0654 e. The third kappa shape index (κ3) is 1.84. The third-order valence-corrected chi connectivity index (χ3v) is 3.92. The van der Waals surface area contributed by atoms with Crippen molar-refractivity contribution in [2.45, 2.75) is 60.3 Å². The van der Waals surface area contributed by atoms with E-state index in [0.717, 1.165) is 5.92 Å². The van der Waals surface area contributed by atoms with Crippen LogP contribution in [-0.2, 0) is 0 Å². The van der Waals surface area contributed by atoms with Gasteiger partial charge in [-0.3, -0.25) is 0 Å². The minimum Gasteiger partial charge on any atom is -0.0654 e. The first-order chi connectivity index (χ1) is 5.41. The van der Waals surface area contributed by atoms with Gasteiger partial charge in [0, 0.05) is 0 Å². The zero-order valence-corrected chi connectivity index (χ0v) is 9.41. The average Bonchev–Trinajstić information content (AvgIpc) is 2.30. The van der Waals surface area contributed by atoms with E-state index in [2.05, 4.69) is 34.6 Å². The molecule has 1 aliphatic carbocycles. The Kier molecular flexibility index (Phi) is 2.56. The summed E-state index contributed by atoms with van der Waals surface area (Å²) in [5.41, 5.74) is 1.30. The van der Waals surface area contributed by atoms with Crippen LogP contribution in [0.2, 0.25) is 0 Å². The molecule has 12 heavy (non-hydrogen) atoms. The van der Waals surface area contributed by atoms with Crippen LogP contribution < -0.4 is 0 Å². The highest BCUT2D eigenvalue weighted by Gasteiger charge is 2.56. The summed E-state index contributed by atoms with van der Waals surface area (Å²) < 4.78 is 0. The molecule has 0 nitrogen and oxygen atoms in total. The van der Waals surface area contributed by atoms with Crippen LogP contribution in [0.1, 0.15) is 60.3 Å². The molecule has 0 spiro atoms. The molecule has 0 amide bonds. The van der Waals surface area contributed by atoms with Crippen molar-refractivity contribution in [3.8, 4) is 0 Å². The van der Waals surface area contributed by atoms with E-state index in [0.29, 0.717) is 10.8 Å². The van der Waals surface area contributed by atoms with Crippen molar-refractivity contribution in [2.24, 2.45) is 16.7 Å². The molecule has 0 bridgehead atoms. The molecule has 0 N–H and O–H groups in total. The second kappa shape index (κ2) is 3.05. The fourth-order valence-corrected chi connectivity index (χ4v) is 2.64. The summed E-state index contributed by atoms with van der Waals surface area (Å²) in [5, 5.41) is 0. The summed E-state index contributed by atoms with van der Waals surface area (Å²) in [6.07, 6.45) is 5.63. The van der Waals surface area contributed by atoms with Crippen LogP contribution in [0.25, 0.3) is 0 Å². The van der Waals surface area contributed by atoms with Crippen LogP contribution in [0.5, 0.6) is 0 Å². The van der Waals surface area contributed by atoms with Crippen molar-refractivity contribution in [3.63, 3.8) is 0 Å². The highest BCUT2D eigenvalue weighted by atomic mass is 14.6. The van der Waals surface area contributed by atoms with E-state index in [1.54, 1.807) is 0 Å². The van der Waals surface area contributed by atoms with E-state index in [-0.39, 0.29) is 0 Å². The van der Waals surface area contributed by atoms with Gasteiger partial charge in [-0.25, -0.2) is 0 Å². The Morgan fingerprint density at radius 1 is 1.25 bits per heavy atom. The maximum atomic E-state index is 2.46. The summed E-state index contributed by atoms with van der Waals surface area (Å²) in [4.78, 5) is 0. The van der Waals surface area contributed by atoms with Gasteiger partial charge in [-0.1, -0.05) is 47.5 Å². The molecule has 1 aliphatic rings. The van der Waals surface area contributed by atoms with Gasteiger partial charge < -0.3 is 0 Å². The first-order valence-electron chi connectivity index (χ1n) is 5.41. The summed E-state index contributed by atoms with van der Waals surface area (Å²) in [7, 11) is 0. The highest BCUT2D eigenvalue weighted by molar-refractivity contribution is 5.06. The van der Waals surface area contributed by atoms with Gasteiger partial charge >= 0.3 is 0 Å². The van der Waals surface area contributed by atoms with Gasteiger partial charge in [-0.2, -0.15) is 0 Å². The number of rotatable bonds is 4. The molecule has 0 heterocycles. The van der Waals surface area contributed by atoms with E-state index >= 15 is 0 Å². The van der Waals surface area contributed by atoms with Gasteiger partial charge in [0.2, 0.25) is 0 Å². The Labute approximate surface area is 77.7 Å². The molecule has 0 aliphatic heterocycles. The zero-order valence-electron chi connectivity index (χ0n) is 9.41. The first kappa shape index (κ1) is 10.1. The van der Waals surface area contributed by atoms with Crippen LogP contribution in [-0.4, -0.2) is 0 Å². The van der Waals surface area contributed by atoms with Crippen LogP contribution in [0.3, 0.4) is 0 Å². The molecular formula is C12H24. The molecule has 0 aromatic heterocycles. The summed E-state index contributed by atoms with van der Waals surface area (Å²) >= 11 is 0. The molecule has 0 heteroatoms. The van der Waals surface area contributed by atoms with E-state index < -0.39 is 0 Å². The second-order valence-electron chi connectivity index (χ2n) is 5.72. The number of hydrogen-bond acceptors (Lipinski definition) is 0. The summed E-state index contributed by atoms with van der Waals surface area (Å²) in [5.74, 6) is 0.932. The number of hydrogen-bond donors (Lipinski definition) is 0. The normalized spacial score (nSPS) is 34.8. The predicted molar refractivity (Wildman–Crippen MR) is 55.2 cm³/mol. The van der Waals surface area contributed by atoms with E-state index in [4.69, 9.17) is 0 Å². The Balaban J connectivity index is 2.33. The molecule has 1 rings (SSSR count). The standard InChI is InChI=1S/C12H24/c1-6-7-10(2)8-12(5)9-11(12,3)4/h10H,6-9H2,1-5H3. The molecular weight excluding hydrogens is 144 g/mol. The molecule has 72 valence electrons. The van der Waals surface area contributed by atoms with Crippen LogP contribution in [0.15, 0.2) is 0 Å². The quantitative estimate of drug-likeness (QED) is 0.588. The second-order valence-corrected chi connectivity index (χ2v) is 5.72. The lowest BCUT2D eigenvalue weighted by atomic mass is 9.86. The van der Waals surface area contributed by atoms with Crippen molar-refractivity contribution in [1.82, 2.24) is 0 Å². The smallest absolute Gasteiger partial charge is 0.0267 e. The van der Waals surface area contributed by atoms with Gasteiger partial charge in [0.25, 0.3) is 0 Å². The molecule has 1 fully saturated rings. The molecule has 2 atom stereocenters. The van der Waals surface area contributed by atoms with E-state index in [1.165, 1.54) is 25.7 Å². The van der Waals surface area contributed by atoms with Gasteiger partial charge in [-0.15, -0.1) is 0 Å². The van der Waals surface area contributed by atoms with Crippen LogP contribution >= 0.6 is 0 Å². The Morgan fingerprint density at radius 2 is 1.75 bits per heavy atom. The third-order valence-electron chi connectivity index (χ3n) is 3.92. The summed E-state index contributed by atoms with van der Waals surface area (Å²) in [6, 6.07) is 0. The van der Waals surface area contributed by atoms with E-state index in [1.807, 2.05) is 0 Å². The first-order valence-corrected chi connectivity index (χ1v) is 5.41. The molecule has 2 unspecified atom stereocenters. The van der Waals surface area contributed by atoms with Crippen molar-refractivity contribution in [2.75, 3.05) is 0 Å². The van der Waals surface area contributed by atoms with Crippen molar-refractivity contribution >= 4 is 0 Å². The van der Waals surface area contributed by atoms with Crippen molar-refractivity contribution < 1.29 is 0 Å². The fraction of sp³-hybridized carbons (Fsp3) is 1.00. The highest BCUT2D eigenvalue weighted by Crippen LogP contribution is 2.66. The lowest BCUT2D eigenvalue weighted by Crippen LogP contribution is -2.09. The van der Waals surface area contributed by atoms with Gasteiger partial charge in [0.05, 0.1) is 0 Å². The van der Waals surface area contributed by atoms with Crippen LogP contribution in [0, 0.1) is 16.7 Å². The monoisotopic (exact) mass is 168 g/mol. The van der Waals surface area contributed by atoms with Crippen molar-refractivity contribution in [3.05, 3.63) is 0 Å². The van der Waals surface area contributed by atoms with Gasteiger partial charge in [0.1, 0.15) is 0 Å². The minimum atomic E-state index is 0.634. The van der Waals surface area contributed by atoms with Gasteiger partial charge in [-0.05, 0) is 29.6 Å². The van der Waals surface area contributed by atoms with E-state index in [9.17, 15) is 0 Å². The molecule has 1 saturated carbocycles. The minimum absolute atomic E-state index is 0.634. The fourth-order valence-electron chi connectivity index (χ4n) is 2.64. The lowest BCUT2D eigenvalue weighted by Gasteiger charge is -2.19. The average molecular weight is 168 g/mol. The zero-order chi connectivity index (χ0) is 9.41. The van der Waals surface area contributed by atoms with Gasteiger partial charge in [0.15, 0.2) is 0 Å². The molecule has 0 radical (unpaired) electrons. The topological polar surface area (TPSA) is 0 Å². The Morgan fingerprint density at radius 3 is 2.08 bits per heavy atom. The Bertz CT molecular complexity index is 157. The van der Waals surface area contributed by atoms with Crippen LogP contribution in [0.4, 0.5) is 0 Å². The molecule has 0 aromatic rings.